The van der Waals surface area contributed by atoms with E-state index in [1.807, 2.05) is 0 Å². The number of aryl methyl sites for hydroxylation is 1. The second-order valence-electron chi connectivity index (χ2n) is 20.2. The number of hydrogen-bond donors (Lipinski definition) is 0. The van der Waals surface area contributed by atoms with Crippen LogP contribution in [0.3, 0.4) is 0 Å². The molecule has 0 spiro atoms. The maximum Gasteiger partial charge on any atom is 0.411 e. The van der Waals surface area contributed by atoms with Crippen LogP contribution in [0.1, 0.15) is 103 Å². The molecule has 4 amide bonds. The third kappa shape index (κ3) is 9.69. The molecule has 0 aliphatic carbocycles. The van der Waals surface area contributed by atoms with Crippen molar-refractivity contribution >= 4 is 29.3 Å². The lowest BCUT2D eigenvalue weighted by molar-refractivity contribution is -0.290. The van der Waals surface area contributed by atoms with Gasteiger partial charge in [0.05, 0.1) is 41.2 Å². The van der Waals surface area contributed by atoms with Crippen LogP contribution >= 0.6 is 0 Å². The first-order valence-electron chi connectivity index (χ1n) is 25.7. The standard InChI is InChI=1S/C64H44F12N2O6/c1-37-23-24-44(33-53(37)83-35-50(38-15-7-3-8-16-38)39-17-9-4-10-18-39)60(63(71,72)73,64(74,75)76)45-27-30-52(54(34-45)84-36-51(40-19-11-5-12-20-40)41-21-13-6-14-22-41)78-57(81)47-29-26-43(32-49(47)58(78)82)59(61(65,66)67,62(68,69)70)42-25-28-46-48(31-42)56(80)77(2)55(46)79/h3-34,50-51H,35-36H2,1-2H3. The van der Waals surface area contributed by atoms with Crippen LogP contribution in [0.25, 0.3) is 0 Å². The first-order chi connectivity index (χ1) is 39.7. The zero-order valence-electron chi connectivity index (χ0n) is 43.9. The molecule has 2 aliphatic heterocycles. The first-order valence-corrected chi connectivity index (χ1v) is 25.7. The van der Waals surface area contributed by atoms with E-state index in [1.54, 1.807) is 121 Å². The van der Waals surface area contributed by atoms with Gasteiger partial charge in [0, 0.05) is 18.9 Å². The number of nitrogens with zero attached hydrogens (tertiary/aromatic N) is 2. The molecule has 0 bridgehead atoms. The average Bonchev–Trinajstić information content (AvgIpc) is 1.84. The van der Waals surface area contributed by atoms with Crippen molar-refractivity contribution in [2.45, 2.75) is 54.3 Å². The number of ether oxygens (including phenoxy) is 2. The number of imide groups is 2. The van der Waals surface area contributed by atoms with Crippen molar-refractivity contribution in [2.24, 2.45) is 0 Å². The lowest BCUT2D eigenvalue weighted by Gasteiger charge is -2.39. The van der Waals surface area contributed by atoms with Gasteiger partial charge in [0.25, 0.3) is 23.6 Å². The van der Waals surface area contributed by atoms with Gasteiger partial charge in [0.1, 0.15) is 11.5 Å². The van der Waals surface area contributed by atoms with Gasteiger partial charge in [-0.2, -0.15) is 52.7 Å². The molecule has 0 N–H and O–H groups in total. The molecule has 430 valence electrons. The van der Waals surface area contributed by atoms with Gasteiger partial charge in [0.15, 0.2) is 0 Å². The van der Waals surface area contributed by atoms with Gasteiger partial charge in [0.2, 0.25) is 10.8 Å². The van der Waals surface area contributed by atoms with Gasteiger partial charge in [-0.15, -0.1) is 0 Å². The van der Waals surface area contributed by atoms with E-state index in [9.17, 15) is 19.2 Å². The van der Waals surface area contributed by atoms with Crippen LogP contribution < -0.4 is 14.4 Å². The van der Waals surface area contributed by atoms with Crippen molar-refractivity contribution in [2.75, 3.05) is 25.2 Å². The van der Waals surface area contributed by atoms with E-state index in [4.69, 9.17) is 9.47 Å². The molecule has 2 heterocycles. The van der Waals surface area contributed by atoms with Gasteiger partial charge in [-0.25, -0.2) is 4.90 Å². The number of anilines is 1. The Labute approximate surface area is 471 Å². The van der Waals surface area contributed by atoms with Crippen LogP contribution in [0, 0.1) is 6.92 Å². The Kier molecular flexibility index (Phi) is 14.9. The van der Waals surface area contributed by atoms with Gasteiger partial charge in [-0.1, -0.05) is 152 Å². The van der Waals surface area contributed by atoms with Gasteiger partial charge < -0.3 is 9.47 Å². The topological polar surface area (TPSA) is 93.2 Å². The number of carbonyl (C=O) groups excluding carboxylic acids is 4. The third-order valence-electron chi connectivity index (χ3n) is 15.4. The van der Waals surface area contributed by atoms with Gasteiger partial charge >= 0.3 is 24.7 Å². The summed E-state index contributed by atoms with van der Waals surface area (Å²) in [6.45, 7) is 0.566. The van der Waals surface area contributed by atoms with E-state index in [2.05, 4.69) is 0 Å². The predicted octanol–water partition coefficient (Wildman–Crippen LogP) is 15.3. The summed E-state index contributed by atoms with van der Waals surface area (Å²) in [5, 5.41) is 0. The van der Waals surface area contributed by atoms with Crippen LogP contribution in [-0.4, -0.2) is 73.5 Å². The van der Waals surface area contributed by atoms with E-state index in [-0.39, 0.29) is 41.0 Å². The summed E-state index contributed by atoms with van der Waals surface area (Å²) in [5.74, 6) is -8.04. The van der Waals surface area contributed by atoms with Crippen LogP contribution in [0.4, 0.5) is 58.4 Å². The largest absolute Gasteiger partial charge is 0.492 e. The quantitative estimate of drug-likeness (QED) is 0.0750. The highest BCUT2D eigenvalue weighted by Gasteiger charge is 2.74. The predicted molar refractivity (Wildman–Crippen MR) is 284 cm³/mol. The minimum Gasteiger partial charge on any atom is -0.492 e. The highest BCUT2D eigenvalue weighted by molar-refractivity contribution is 6.35. The summed E-state index contributed by atoms with van der Waals surface area (Å²) in [6, 6.07) is 39.8. The lowest BCUT2D eigenvalue weighted by atomic mass is 9.71. The number of amides is 4. The molecule has 8 aromatic rings. The molecule has 84 heavy (non-hydrogen) atoms. The minimum absolute atomic E-state index is 0.149. The second kappa shape index (κ2) is 21.5. The monoisotopic (exact) mass is 1160 g/mol. The van der Waals surface area contributed by atoms with Gasteiger partial charge in [-0.3, -0.25) is 24.1 Å². The Bertz CT molecular complexity index is 3720. The number of rotatable bonds is 15. The summed E-state index contributed by atoms with van der Waals surface area (Å²) >= 11 is 0. The van der Waals surface area contributed by atoms with E-state index >= 15 is 52.7 Å². The molecule has 10 rings (SSSR count). The number of alkyl halides is 12. The Hall–Kier alpha value is -9.20. The van der Waals surface area contributed by atoms with Crippen molar-refractivity contribution in [3.05, 3.63) is 266 Å². The number of hydrogen-bond acceptors (Lipinski definition) is 6. The molecule has 8 aromatic carbocycles. The number of benzene rings is 8. The Morgan fingerprint density at radius 3 is 1.08 bits per heavy atom. The molecule has 2 aliphatic rings. The number of fused-ring (bicyclic) bond motifs is 2. The zero-order chi connectivity index (χ0) is 60.3. The fourth-order valence-electron chi connectivity index (χ4n) is 11.1. The Morgan fingerprint density at radius 1 is 0.369 bits per heavy atom. The maximum atomic E-state index is 16.3. The normalized spacial score (nSPS) is 14.2. The molecule has 0 aromatic heterocycles. The van der Waals surface area contributed by atoms with Crippen LogP contribution in [0.15, 0.2) is 194 Å². The van der Waals surface area contributed by atoms with Crippen LogP contribution in [-0.2, 0) is 10.8 Å². The smallest absolute Gasteiger partial charge is 0.411 e. The lowest BCUT2D eigenvalue weighted by Crippen LogP contribution is -2.55. The molecule has 0 radical (unpaired) electrons. The molecular formula is C64H44F12N2O6. The van der Waals surface area contributed by atoms with E-state index in [0.717, 1.165) is 24.2 Å². The fraction of sp³-hybridized carbons (Fsp3) is 0.188. The van der Waals surface area contributed by atoms with E-state index in [0.29, 0.717) is 64.6 Å². The molecular weight excluding hydrogens is 1120 g/mol. The maximum absolute atomic E-state index is 16.3. The first kappa shape index (κ1) is 58.0. The van der Waals surface area contributed by atoms with Crippen molar-refractivity contribution < 1.29 is 81.3 Å². The summed E-state index contributed by atoms with van der Waals surface area (Å²) in [4.78, 5) is 55.5. The molecule has 0 fully saturated rings. The highest BCUT2D eigenvalue weighted by Crippen LogP contribution is 2.59. The molecule has 20 heteroatoms. The molecule has 0 atom stereocenters. The van der Waals surface area contributed by atoms with Gasteiger partial charge in [-0.05, 0) is 99.5 Å². The van der Waals surface area contributed by atoms with Crippen molar-refractivity contribution in [3.63, 3.8) is 0 Å². The van der Waals surface area contributed by atoms with E-state index in [1.165, 1.54) is 6.92 Å². The van der Waals surface area contributed by atoms with Crippen molar-refractivity contribution in [3.8, 4) is 11.5 Å². The second-order valence-corrected chi connectivity index (χ2v) is 20.2. The van der Waals surface area contributed by atoms with Crippen LogP contribution in [0.2, 0.25) is 0 Å². The number of halogens is 12. The Balaban J connectivity index is 1.12. The van der Waals surface area contributed by atoms with E-state index < -0.39 is 134 Å². The summed E-state index contributed by atoms with van der Waals surface area (Å²) in [6.07, 6.45) is -25.2. The third-order valence-corrected chi connectivity index (χ3v) is 15.4. The van der Waals surface area contributed by atoms with Crippen LogP contribution in [0.5, 0.6) is 11.5 Å². The summed E-state index contributed by atoms with van der Waals surface area (Å²) in [7, 11) is 0.961. The SMILES string of the molecule is Cc1ccc(C(c2ccc(N3C(=O)c4ccc(C(c5ccc6c(c5)C(=O)N(C)C6=O)(C(F)(F)F)C(F)(F)F)cc4C3=O)c(OCC(c3ccccc3)c3ccccc3)c2)(C(F)(F)F)C(F)(F)F)cc1OCC(c1ccccc1)c1ccccc1. The average molecular weight is 1170 g/mol. The van der Waals surface area contributed by atoms with Crippen molar-refractivity contribution in [1.82, 2.24) is 4.90 Å². The minimum atomic E-state index is -6.33. The number of carbonyl (C=O) groups is 4. The molecule has 0 saturated carbocycles. The van der Waals surface area contributed by atoms with Crippen molar-refractivity contribution in [1.29, 1.82) is 0 Å². The summed E-state index contributed by atoms with van der Waals surface area (Å²) in [5.41, 5.74) is -17.6. The molecule has 0 unspecified atom stereocenters. The molecule has 0 saturated heterocycles. The Morgan fingerprint density at radius 2 is 0.679 bits per heavy atom. The highest BCUT2D eigenvalue weighted by atomic mass is 19.4. The molecule has 8 nitrogen and oxygen atoms in total. The zero-order valence-corrected chi connectivity index (χ0v) is 43.9. The summed E-state index contributed by atoms with van der Waals surface area (Å²) < 4.78 is 203. The fourth-order valence-corrected chi connectivity index (χ4v) is 11.1.